The third-order valence-corrected chi connectivity index (χ3v) is 5.20. The van der Waals surface area contributed by atoms with E-state index in [0.29, 0.717) is 11.8 Å². The van der Waals surface area contributed by atoms with Crippen molar-refractivity contribution in [1.82, 2.24) is 0 Å². The maximum Gasteiger partial charge on any atom is 0.319 e. The van der Waals surface area contributed by atoms with E-state index < -0.39 is 0 Å². The Morgan fingerprint density at radius 2 is 1.94 bits per heavy atom. The summed E-state index contributed by atoms with van der Waals surface area (Å²) in [5.41, 5.74) is 6.21. The number of hydrogen-bond donors (Lipinski definition) is 1. The number of alkyl halides is 1. The van der Waals surface area contributed by atoms with Gasteiger partial charge in [0.15, 0.2) is 0 Å². The molecule has 96 valence electrons. The van der Waals surface area contributed by atoms with Gasteiger partial charge in [0, 0.05) is 12.0 Å². The van der Waals surface area contributed by atoms with Crippen molar-refractivity contribution < 1.29 is 9.53 Å². The Labute approximate surface area is 116 Å². The molecule has 0 aromatic carbocycles. The molecule has 4 fully saturated rings. The quantitative estimate of drug-likeness (QED) is 0.473. The zero-order valence-electron chi connectivity index (χ0n) is 10.2. The van der Waals surface area contributed by atoms with E-state index >= 15 is 0 Å². The van der Waals surface area contributed by atoms with Crippen molar-refractivity contribution in [2.24, 2.45) is 17.6 Å². The molecule has 3 unspecified atom stereocenters. The summed E-state index contributed by atoms with van der Waals surface area (Å²) in [6.07, 6.45) is 6.58. The van der Waals surface area contributed by atoms with Crippen molar-refractivity contribution >= 4 is 28.6 Å². The van der Waals surface area contributed by atoms with Crippen LogP contribution in [-0.2, 0) is 9.53 Å². The second-order valence-electron chi connectivity index (χ2n) is 6.54. The maximum absolute atomic E-state index is 11.9. The van der Waals surface area contributed by atoms with Crippen molar-refractivity contribution in [3.8, 4) is 0 Å². The lowest BCUT2D eigenvalue weighted by Gasteiger charge is -2.60. The summed E-state index contributed by atoms with van der Waals surface area (Å²) in [6, 6.07) is 0. The van der Waals surface area contributed by atoms with Crippen LogP contribution < -0.4 is 5.73 Å². The highest BCUT2D eigenvalue weighted by molar-refractivity contribution is 14.1. The number of rotatable bonds is 2. The molecule has 2 N–H and O–H groups in total. The molecule has 0 spiro atoms. The zero-order chi connectivity index (χ0) is 12.3. The molecule has 4 aliphatic carbocycles. The number of nitrogens with two attached hydrogens (primary N) is 1. The van der Waals surface area contributed by atoms with Crippen LogP contribution in [0.25, 0.3) is 0 Å². The molecule has 4 bridgehead atoms. The smallest absolute Gasteiger partial charge is 0.319 e. The lowest BCUT2D eigenvalue weighted by atomic mass is 9.51. The molecule has 0 aliphatic heterocycles. The molecule has 4 saturated carbocycles. The first kappa shape index (κ1) is 12.2. The Kier molecular flexibility index (Phi) is 2.75. The molecular weight excluding hydrogens is 329 g/mol. The van der Waals surface area contributed by atoms with Crippen molar-refractivity contribution in [2.45, 2.75) is 60.5 Å². The van der Waals surface area contributed by atoms with E-state index in [9.17, 15) is 4.79 Å². The highest BCUT2D eigenvalue weighted by Crippen LogP contribution is 2.58. The maximum atomic E-state index is 11.9. The van der Waals surface area contributed by atoms with Gasteiger partial charge in [-0.25, -0.2) is 0 Å². The molecule has 3 atom stereocenters. The van der Waals surface area contributed by atoms with Gasteiger partial charge in [-0.15, -0.1) is 0 Å². The molecule has 3 nitrogen and oxygen atoms in total. The van der Waals surface area contributed by atoms with Crippen LogP contribution in [0, 0.1) is 11.8 Å². The fourth-order valence-electron chi connectivity index (χ4n) is 4.66. The molecule has 0 saturated heterocycles. The van der Waals surface area contributed by atoms with Crippen molar-refractivity contribution in [2.75, 3.05) is 0 Å². The van der Waals surface area contributed by atoms with Crippen molar-refractivity contribution in [1.29, 1.82) is 0 Å². The number of carbonyl (C=O) groups is 1. The molecule has 4 aliphatic rings. The molecule has 0 radical (unpaired) electrons. The Morgan fingerprint density at radius 1 is 1.35 bits per heavy atom. The lowest BCUT2D eigenvalue weighted by molar-refractivity contribution is -0.187. The second kappa shape index (κ2) is 3.83. The van der Waals surface area contributed by atoms with Crippen LogP contribution >= 0.6 is 22.6 Å². The number of hydrogen-bond acceptors (Lipinski definition) is 3. The highest BCUT2D eigenvalue weighted by Gasteiger charge is 2.58. The lowest BCUT2D eigenvalue weighted by Crippen LogP contribution is -2.64. The van der Waals surface area contributed by atoms with Gasteiger partial charge in [-0.3, -0.25) is 4.79 Å². The monoisotopic (exact) mass is 349 g/mol. The first-order chi connectivity index (χ1) is 7.90. The summed E-state index contributed by atoms with van der Waals surface area (Å²) in [5, 5.41) is 0. The fourth-order valence-corrected chi connectivity index (χ4v) is 4.79. The van der Waals surface area contributed by atoms with Gasteiger partial charge < -0.3 is 10.5 Å². The van der Waals surface area contributed by atoms with Crippen LogP contribution in [-0.4, -0.2) is 21.0 Å². The molecule has 0 heterocycles. The van der Waals surface area contributed by atoms with E-state index in [2.05, 4.69) is 22.6 Å². The predicted molar refractivity (Wildman–Crippen MR) is 73.9 cm³/mol. The van der Waals surface area contributed by atoms with Gasteiger partial charge in [0.05, 0.1) is 0 Å². The number of carbonyl (C=O) groups excluding carboxylic acids is 1. The first-order valence-electron chi connectivity index (χ1n) is 6.56. The standard InChI is InChI=1S/C13H20INO2/c1-8(14)11(16)17-13-5-9-2-10(6-13)4-12(15,3-9)7-13/h8-10H,2-7,15H2,1H3. The topological polar surface area (TPSA) is 52.3 Å². The van der Waals surface area contributed by atoms with Crippen LogP contribution in [0.15, 0.2) is 0 Å². The van der Waals surface area contributed by atoms with Crippen molar-refractivity contribution in [3.05, 3.63) is 0 Å². The van der Waals surface area contributed by atoms with Gasteiger partial charge in [-0.1, -0.05) is 22.6 Å². The van der Waals surface area contributed by atoms with Gasteiger partial charge >= 0.3 is 5.97 Å². The van der Waals surface area contributed by atoms with E-state index in [1.165, 1.54) is 6.42 Å². The van der Waals surface area contributed by atoms with E-state index in [1.54, 1.807) is 0 Å². The number of ether oxygens (including phenoxy) is 1. The Hall–Kier alpha value is 0.160. The minimum absolute atomic E-state index is 0.0428. The molecule has 0 aromatic rings. The van der Waals surface area contributed by atoms with Crippen LogP contribution in [0.5, 0.6) is 0 Å². The van der Waals surface area contributed by atoms with E-state index in [-0.39, 0.29) is 21.0 Å². The van der Waals surface area contributed by atoms with Gasteiger partial charge in [0.25, 0.3) is 0 Å². The highest BCUT2D eigenvalue weighted by atomic mass is 127. The van der Waals surface area contributed by atoms with Crippen LogP contribution in [0.4, 0.5) is 0 Å². The zero-order valence-corrected chi connectivity index (χ0v) is 12.4. The summed E-state index contributed by atoms with van der Waals surface area (Å²) in [7, 11) is 0. The predicted octanol–water partition coefficient (Wildman–Crippen LogP) is 2.40. The molecular formula is C13H20INO2. The van der Waals surface area contributed by atoms with Crippen LogP contribution in [0.1, 0.15) is 45.4 Å². The Bertz CT molecular complexity index is 341. The summed E-state index contributed by atoms with van der Waals surface area (Å²) in [5.74, 6) is 1.33. The third kappa shape index (κ3) is 2.11. The summed E-state index contributed by atoms with van der Waals surface area (Å²) in [6.45, 7) is 1.89. The summed E-state index contributed by atoms with van der Waals surface area (Å²) >= 11 is 2.13. The Morgan fingerprint density at radius 3 is 2.41 bits per heavy atom. The molecule has 0 aromatic heterocycles. The van der Waals surface area contributed by atoms with E-state index in [0.717, 1.165) is 32.1 Å². The number of esters is 1. The van der Waals surface area contributed by atoms with E-state index in [4.69, 9.17) is 10.5 Å². The van der Waals surface area contributed by atoms with Gasteiger partial charge in [0.2, 0.25) is 0 Å². The Balaban J connectivity index is 1.81. The van der Waals surface area contributed by atoms with Gasteiger partial charge in [-0.05, 0) is 50.9 Å². The normalized spacial score (nSPS) is 49.1. The fraction of sp³-hybridized carbons (Fsp3) is 0.923. The van der Waals surface area contributed by atoms with Gasteiger partial charge in [-0.2, -0.15) is 0 Å². The average Bonchev–Trinajstić information content (AvgIpc) is 2.11. The average molecular weight is 349 g/mol. The number of halogens is 1. The minimum Gasteiger partial charge on any atom is -0.458 e. The van der Waals surface area contributed by atoms with Crippen molar-refractivity contribution in [3.63, 3.8) is 0 Å². The molecule has 17 heavy (non-hydrogen) atoms. The van der Waals surface area contributed by atoms with Gasteiger partial charge in [0.1, 0.15) is 9.53 Å². The van der Waals surface area contributed by atoms with Crippen LogP contribution in [0.2, 0.25) is 0 Å². The molecule has 4 rings (SSSR count). The first-order valence-corrected chi connectivity index (χ1v) is 7.80. The third-order valence-electron chi connectivity index (χ3n) is 4.69. The van der Waals surface area contributed by atoms with E-state index in [1.807, 2.05) is 6.92 Å². The SMILES string of the molecule is CC(I)C(=O)OC12CC3CC(CC(N)(C3)C1)C2. The minimum atomic E-state index is -0.213. The van der Waals surface area contributed by atoms with Crippen LogP contribution in [0.3, 0.4) is 0 Å². The molecule has 4 heteroatoms. The summed E-state index contributed by atoms with van der Waals surface area (Å²) < 4.78 is 5.79. The second-order valence-corrected chi connectivity index (χ2v) is 8.41. The largest absolute Gasteiger partial charge is 0.458 e. The molecule has 0 amide bonds. The summed E-state index contributed by atoms with van der Waals surface area (Å²) in [4.78, 5) is 11.9.